The van der Waals surface area contributed by atoms with Crippen LogP contribution in [0, 0.1) is 5.82 Å². The van der Waals surface area contributed by atoms with Crippen LogP contribution in [0.2, 0.25) is 5.02 Å². The molecule has 2 aromatic rings. The Bertz CT molecular complexity index is 745. The Kier molecular flexibility index (Phi) is 5.36. The highest BCUT2D eigenvalue weighted by Gasteiger charge is 2.16. The number of carbonyl (C=O) groups excluding carboxylic acids is 1. The van der Waals surface area contributed by atoms with Crippen molar-refractivity contribution in [1.29, 1.82) is 0 Å². The number of nitrogens with zero attached hydrogens (tertiary/aromatic N) is 1. The van der Waals surface area contributed by atoms with E-state index in [1.165, 1.54) is 29.0 Å². The summed E-state index contributed by atoms with van der Waals surface area (Å²) in [7, 11) is 0. The number of carbonyl (C=O) groups is 2. The van der Waals surface area contributed by atoms with Gasteiger partial charge in [0.2, 0.25) is 0 Å². The van der Waals surface area contributed by atoms with Crippen LogP contribution >= 0.6 is 11.6 Å². The number of aromatic nitrogens is 1. The maximum Gasteiger partial charge on any atom is 0.352 e. The lowest BCUT2D eigenvalue weighted by Gasteiger charge is -2.05. The summed E-state index contributed by atoms with van der Waals surface area (Å²) < 4.78 is 15.1. The average Bonchev–Trinajstić information content (AvgIpc) is 2.87. The Balaban J connectivity index is 2.22. The fourth-order valence-electron chi connectivity index (χ4n) is 2.06. The Hall–Kier alpha value is -2.38. The molecule has 1 heterocycles. The number of aliphatic hydroxyl groups excluding tert-OH is 1. The molecular formula is C15H14ClFN2O4. The Morgan fingerprint density at radius 3 is 2.65 bits per heavy atom. The van der Waals surface area contributed by atoms with Crippen molar-refractivity contribution in [3.63, 3.8) is 0 Å². The van der Waals surface area contributed by atoms with E-state index in [4.69, 9.17) is 21.8 Å². The molecular weight excluding hydrogens is 327 g/mol. The molecule has 23 heavy (non-hydrogen) atoms. The van der Waals surface area contributed by atoms with Crippen LogP contribution in [0.1, 0.15) is 27.3 Å². The number of benzene rings is 1. The average molecular weight is 341 g/mol. The summed E-state index contributed by atoms with van der Waals surface area (Å²) in [6, 6.07) is 4.92. The van der Waals surface area contributed by atoms with Crippen LogP contribution < -0.4 is 5.32 Å². The van der Waals surface area contributed by atoms with Gasteiger partial charge in [-0.25, -0.2) is 9.18 Å². The van der Waals surface area contributed by atoms with E-state index in [0.29, 0.717) is 6.42 Å². The van der Waals surface area contributed by atoms with Crippen molar-refractivity contribution in [2.24, 2.45) is 0 Å². The molecule has 0 unspecified atom stereocenters. The Morgan fingerprint density at radius 2 is 2.04 bits per heavy atom. The predicted octanol–water partition coefficient (Wildman–Crippen LogP) is 2.61. The first-order valence-corrected chi connectivity index (χ1v) is 7.11. The smallest absolute Gasteiger partial charge is 0.352 e. The number of halogens is 2. The number of anilines is 1. The number of aryl methyl sites for hydroxylation is 1. The van der Waals surface area contributed by atoms with Crippen molar-refractivity contribution in [1.82, 2.24) is 4.57 Å². The van der Waals surface area contributed by atoms with Gasteiger partial charge in [0.1, 0.15) is 11.5 Å². The molecule has 1 amide bonds. The normalized spacial score (nSPS) is 10.6. The highest BCUT2D eigenvalue weighted by Crippen LogP contribution is 2.19. The largest absolute Gasteiger partial charge is 0.477 e. The minimum Gasteiger partial charge on any atom is -0.477 e. The molecule has 122 valence electrons. The van der Waals surface area contributed by atoms with Crippen molar-refractivity contribution in [3.8, 4) is 0 Å². The Morgan fingerprint density at radius 1 is 1.30 bits per heavy atom. The van der Waals surface area contributed by atoms with E-state index in [1.54, 1.807) is 0 Å². The van der Waals surface area contributed by atoms with Crippen molar-refractivity contribution in [2.45, 2.75) is 13.0 Å². The molecule has 0 aliphatic carbocycles. The third-order valence-electron chi connectivity index (χ3n) is 3.11. The fraction of sp³-hybridized carbons (Fsp3) is 0.200. The molecule has 0 saturated heterocycles. The summed E-state index contributed by atoms with van der Waals surface area (Å²) in [6.07, 6.45) is 1.79. The molecule has 0 atom stereocenters. The van der Waals surface area contributed by atoms with E-state index in [0.717, 1.165) is 6.07 Å². The highest BCUT2D eigenvalue weighted by molar-refractivity contribution is 6.30. The van der Waals surface area contributed by atoms with E-state index >= 15 is 0 Å². The summed E-state index contributed by atoms with van der Waals surface area (Å²) in [6.45, 7) is 0.193. The zero-order chi connectivity index (χ0) is 17.0. The van der Waals surface area contributed by atoms with Crippen LogP contribution in [-0.2, 0) is 6.54 Å². The number of hydrogen-bond acceptors (Lipinski definition) is 3. The molecule has 3 N–H and O–H groups in total. The van der Waals surface area contributed by atoms with Crippen molar-refractivity contribution in [3.05, 3.63) is 52.6 Å². The lowest BCUT2D eigenvalue weighted by atomic mass is 10.2. The molecule has 0 aliphatic rings. The fourth-order valence-corrected chi connectivity index (χ4v) is 2.21. The SMILES string of the molecule is O=C(Nc1cc(C(=O)O)n(CCCO)c1)c1ccc(Cl)cc1F. The summed E-state index contributed by atoms with van der Waals surface area (Å²) in [5.41, 5.74) is -0.0144. The first-order valence-electron chi connectivity index (χ1n) is 6.73. The maximum absolute atomic E-state index is 13.7. The summed E-state index contributed by atoms with van der Waals surface area (Å²) in [4.78, 5) is 23.2. The zero-order valence-electron chi connectivity index (χ0n) is 11.9. The number of carboxylic acids is 1. The number of nitrogens with one attached hydrogen (secondary N) is 1. The zero-order valence-corrected chi connectivity index (χ0v) is 12.7. The minimum atomic E-state index is -1.17. The van der Waals surface area contributed by atoms with Gasteiger partial charge in [-0.3, -0.25) is 4.79 Å². The number of hydrogen-bond donors (Lipinski definition) is 3. The minimum absolute atomic E-state index is 0.0367. The number of rotatable bonds is 6. The van der Waals surface area contributed by atoms with Crippen LogP contribution in [0.3, 0.4) is 0 Å². The summed E-state index contributed by atoms with van der Waals surface area (Å²) in [5.74, 6) is -2.65. The summed E-state index contributed by atoms with van der Waals surface area (Å²) in [5, 5.41) is 20.6. The van der Waals surface area contributed by atoms with Gasteiger partial charge in [-0.1, -0.05) is 11.6 Å². The van der Waals surface area contributed by atoms with Crippen LogP contribution in [0.25, 0.3) is 0 Å². The van der Waals surface area contributed by atoms with Crippen molar-refractivity contribution in [2.75, 3.05) is 11.9 Å². The second-order valence-corrected chi connectivity index (χ2v) is 5.20. The topological polar surface area (TPSA) is 91.6 Å². The maximum atomic E-state index is 13.7. The molecule has 8 heteroatoms. The van der Waals surface area contributed by atoms with E-state index < -0.39 is 17.7 Å². The van der Waals surface area contributed by atoms with Crippen molar-refractivity contribution >= 4 is 29.2 Å². The van der Waals surface area contributed by atoms with E-state index in [2.05, 4.69) is 5.32 Å². The van der Waals surface area contributed by atoms with Gasteiger partial charge in [0.15, 0.2) is 0 Å². The van der Waals surface area contributed by atoms with Gasteiger partial charge in [0.25, 0.3) is 5.91 Å². The lowest BCUT2D eigenvalue weighted by Crippen LogP contribution is -2.13. The van der Waals surface area contributed by atoms with Crippen molar-refractivity contribution < 1.29 is 24.2 Å². The number of aromatic carboxylic acids is 1. The molecule has 0 fully saturated rings. The van der Waals surface area contributed by atoms with E-state index in [9.17, 15) is 14.0 Å². The van der Waals surface area contributed by atoms with Gasteiger partial charge >= 0.3 is 5.97 Å². The van der Waals surface area contributed by atoms with E-state index in [-0.39, 0.29) is 35.1 Å². The van der Waals surface area contributed by atoms with Gasteiger partial charge in [-0.05, 0) is 30.7 Å². The number of amides is 1. The third-order valence-corrected chi connectivity index (χ3v) is 3.34. The molecule has 0 radical (unpaired) electrons. The quantitative estimate of drug-likeness (QED) is 0.753. The molecule has 0 bridgehead atoms. The van der Waals surface area contributed by atoms with Gasteiger partial charge in [0.05, 0.1) is 11.3 Å². The molecule has 0 aliphatic heterocycles. The van der Waals surface area contributed by atoms with E-state index in [1.807, 2.05) is 0 Å². The molecule has 1 aromatic heterocycles. The lowest BCUT2D eigenvalue weighted by molar-refractivity contribution is 0.0684. The van der Waals surface area contributed by atoms with Crippen LogP contribution in [0.4, 0.5) is 10.1 Å². The molecule has 0 saturated carbocycles. The molecule has 6 nitrogen and oxygen atoms in total. The summed E-state index contributed by atoms with van der Waals surface area (Å²) >= 11 is 5.63. The molecule has 0 spiro atoms. The van der Waals surface area contributed by atoms with Gasteiger partial charge in [-0.2, -0.15) is 0 Å². The third kappa shape index (κ3) is 4.08. The second-order valence-electron chi connectivity index (χ2n) is 4.77. The van der Waals surface area contributed by atoms with Gasteiger partial charge in [-0.15, -0.1) is 0 Å². The predicted molar refractivity (Wildman–Crippen MR) is 82.5 cm³/mol. The number of carboxylic acid groups (broad SMARTS) is 1. The van der Waals surface area contributed by atoms with Crippen LogP contribution in [0.15, 0.2) is 30.5 Å². The Labute approximate surface area is 136 Å². The molecule has 2 rings (SSSR count). The van der Waals surface area contributed by atoms with Gasteiger partial charge in [0, 0.05) is 24.4 Å². The monoisotopic (exact) mass is 340 g/mol. The first-order chi connectivity index (χ1) is 10.9. The first kappa shape index (κ1) is 17.0. The standard InChI is InChI=1S/C15H14ClFN2O4/c16-9-2-3-11(12(17)6-9)14(21)18-10-7-13(15(22)23)19(8-10)4-1-5-20/h2-3,6-8,20H,1,4-5H2,(H,18,21)(H,22,23). The second kappa shape index (κ2) is 7.26. The number of aliphatic hydroxyl groups is 1. The molecule has 1 aromatic carbocycles. The van der Waals surface area contributed by atoms with Crippen LogP contribution in [-0.4, -0.2) is 33.3 Å². The highest BCUT2D eigenvalue weighted by atomic mass is 35.5. The van der Waals surface area contributed by atoms with Gasteiger partial charge < -0.3 is 20.1 Å². The van der Waals surface area contributed by atoms with Crippen LogP contribution in [0.5, 0.6) is 0 Å².